The van der Waals surface area contributed by atoms with Gasteiger partial charge in [0.2, 0.25) is 0 Å². The minimum atomic E-state index is -0.810. The SMILES string of the molecule is CC/C=C\C/C=C\C/C=C\C/C=C\C/C=C\C/C=C\C/C=C\C/C=C\C/C=C\CCCCCCCC(=O)OC(CO)COC(=O)CCCCCC/C=C\C/C=C\C/C=C\C/C=C\C/C=C\C/C=C\CC. The Balaban J connectivity index is 3.71. The van der Waals surface area contributed by atoms with E-state index < -0.39 is 6.10 Å². The molecule has 0 bridgehead atoms. The highest BCUT2D eigenvalue weighted by atomic mass is 16.6. The molecule has 1 N–H and O–H groups in total. The Labute approximate surface area is 429 Å². The second kappa shape index (κ2) is 58.3. The zero-order valence-electron chi connectivity index (χ0n) is 44.2. The van der Waals surface area contributed by atoms with E-state index in [9.17, 15) is 14.7 Å². The van der Waals surface area contributed by atoms with Gasteiger partial charge in [0, 0.05) is 12.8 Å². The Hall–Kier alpha value is -5.00. The van der Waals surface area contributed by atoms with Gasteiger partial charge in [0.05, 0.1) is 6.61 Å². The van der Waals surface area contributed by atoms with E-state index in [1.54, 1.807) is 0 Å². The van der Waals surface area contributed by atoms with Crippen LogP contribution in [-0.2, 0) is 19.1 Å². The molecule has 0 aliphatic carbocycles. The molecule has 0 saturated carbocycles. The van der Waals surface area contributed by atoms with Crippen molar-refractivity contribution in [2.75, 3.05) is 13.2 Å². The molecule has 0 aliphatic heterocycles. The van der Waals surface area contributed by atoms with Crippen LogP contribution < -0.4 is 0 Å². The summed E-state index contributed by atoms with van der Waals surface area (Å²) in [6.07, 6.45) is 92.7. The number of hydrogen-bond acceptors (Lipinski definition) is 5. The van der Waals surface area contributed by atoms with Crippen LogP contribution in [-0.4, -0.2) is 36.4 Å². The number of rotatable bonds is 47. The molecule has 0 amide bonds. The highest BCUT2D eigenvalue weighted by Gasteiger charge is 2.16. The van der Waals surface area contributed by atoms with Crippen molar-refractivity contribution >= 4 is 11.9 Å². The van der Waals surface area contributed by atoms with Crippen molar-refractivity contribution in [2.24, 2.45) is 0 Å². The Morgan fingerprint density at radius 3 is 0.857 bits per heavy atom. The molecule has 388 valence electrons. The number of esters is 2. The molecule has 1 atom stereocenters. The Bertz CT molecular complexity index is 1650. The molecule has 0 radical (unpaired) electrons. The molecule has 5 heteroatoms. The number of ether oxygens (including phenoxy) is 2. The van der Waals surface area contributed by atoms with Crippen LogP contribution in [0.25, 0.3) is 0 Å². The molecule has 0 aliphatic rings. The summed E-state index contributed by atoms with van der Waals surface area (Å²) in [4.78, 5) is 24.5. The van der Waals surface area contributed by atoms with Gasteiger partial charge in [-0.25, -0.2) is 0 Å². The first kappa shape index (κ1) is 65.0. The highest BCUT2D eigenvalue weighted by Crippen LogP contribution is 2.11. The number of carbonyl (C=O) groups excluding carboxylic acids is 2. The third kappa shape index (κ3) is 55.6. The number of unbranched alkanes of at least 4 members (excludes halogenated alkanes) is 9. The lowest BCUT2D eigenvalue weighted by Crippen LogP contribution is -2.28. The van der Waals surface area contributed by atoms with Crippen molar-refractivity contribution in [3.05, 3.63) is 182 Å². The van der Waals surface area contributed by atoms with Crippen LogP contribution in [0.15, 0.2) is 182 Å². The number of aliphatic hydroxyl groups is 1. The maximum atomic E-state index is 12.3. The van der Waals surface area contributed by atoms with E-state index in [-0.39, 0.29) is 25.2 Å². The summed E-state index contributed by atoms with van der Waals surface area (Å²) in [5.74, 6) is -0.660. The number of hydrogen-bond donors (Lipinski definition) is 1. The van der Waals surface area contributed by atoms with Gasteiger partial charge in [-0.05, 0) is 135 Å². The molecule has 0 aromatic carbocycles. The van der Waals surface area contributed by atoms with Crippen LogP contribution >= 0.6 is 0 Å². The predicted molar refractivity (Wildman–Crippen MR) is 306 cm³/mol. The molecular formula is C65H98O5. The third-order valence-electron chi connectivity index (χ3n) is 10.7. The van der Waals surface area contributed by atoms with E-state index in [1.807, 2.05) is 0 Å². The van der Waals surface area contributed by atoms with Crippen molar-refractivity contribution in [3.8, 4) is 0 Å². The Morgan fingerprint density at radius 1 is 0.329 bits per heavy atom. The van der Waals surface area contributed by atoms with E-state index in [4.69, 9.17) is 9.47 Å². The van der Waals surface area contributed by atoms with Crippen LogP contribution in [0.2, 0.25) is 0 Å². The van der Waals surface area contributed by atoms with Gasteiger partial charge in [-0.15, -0.1) is 0 Å². The molecule has 1 unspecified atom stereocenters. The van der Waals surface area contributed by atoms with Gasteiger partial charge in [-0.3, -0.25) is 9.59 Å². The lowest BCUT2D eigenvalue weighted by Gasteiger charge is -2.15. The molecule has 70 heavy (non-hydrogen) atoms. The highest BCUT2D eigenvalue weighted by molar-refractivity contribution is 5.70. The van der Waals surface area contributed by atoms with E-state index in [0.717, 1.165) is 167 Å². The smallest absolute Gasteiger partial charge is 0.306 e. The summed E-state index contributed by atoms with van der Waals surface area (Å²) in [5, 5.41) is 9.64. The number of aliphatic hydroxyl groups excluding tert-OH is 1. The molecule has 0 spiro atoms. The Kier molecular flexibility index (Phi) is 54.1. The monoisotopic (exact) mass is 959 g/mol. The third-order valence-corrected chi connectivity index (χ3v) is 10.7. The fourth-order valence-corrected chi connectivity index (χ4v) is 6.67. The maximum Gasteiger partial charge on any atom is 0.306 e. The zero-order valence-corrected chi connectivity index (χ0v) is 44.2. The van der Waals surface area contributed by atoms with E-state index in [0.29, 0.717) is 12.8 Å². The van der Waals surface area contributed by atoms with Crippen LogP contribution in [0.1, 0.15) is 194 Å². The topological polar surface area (TPSA) is 72.8 Å². The van der Waals surface area contributed by atoms with Gasteiger partial charge in [0.25, 0.3) is 0 Å². The van der Waals surface area contributed by atoms with Gasteiger partial charge < -0.3 is 14.6 Å². The van der Waals surface area contributed by atoms with Crippen LogP contribution in [0.4, 0.5) is 0 Å². The van der Waals surface area contributed by atoms with Gasteiger partial charge in [-0.1, -0.05) is 228 Å². The van der Waals surface area contributed by atoms with Crippen molar-refractivity contribution < 1.29 is 24.2 Å². The maximum absolute atomic E-state index is 12.3. The first-order valence-corrected chi connectivity index (χ1v) is 27.3. The molecule has 5 nitrogen and oxygen atoms in total. The zero-order chi connectivity index (χ0) is 50.6. The van der Waals surface area contributed by atoms with Crippen molar-refractivity contribution in [1.29, 1.82) is 0 Å². The fraction of sp³-hybridized carbons (Fsp3) is 0.508. The molecule has 0 fully saturated rings. The summed E-state index contributed by atoms with van der Waals surface area (Å²) in [6.45, 7) is 3.85. The number of carbonyl (C=O) groups is 2. The van der Waals surface area contributed by atoms with Crippen LogP contribution in [0, 0.1) is 0 Å². The second-order valence-corrected chi connectivity index (χ2v) is 17.2. The van der Waals surface area contributed by atoms with E-state index in [1.165, 1.54) is 0 Å². The lowest BCUT2D eigenvalue weighted by atomic mass is 10.1. The summed E-state index contributed by atoms with van der Waals surface area (Å²) in [7, 11) is 0. The van der Waals surface area contributed by atoms with E-state index >= 15 is 0 Å². The summed E-state index contributed by atoms with van der Waals surface area (Å²) < 4.78 is 10.7. The van der Waals surface area contributed by atoms with Crippen molar-refractivity contribution in [2.45, 2.75) is 200 Å². The van der Waals surface area contributed by atoms with Crippen LogP contribution in [0.3, 0.4) is 0 Å². The molecule has 0 aromatic rings. The quantitative estimate of drug-likeness (QED) is 0.0374. The summed E-state index contributed by atoms with van der Waals surface area (Å²) >= 11 is 0. The molecular weight excluding hydrogens is 861 g/mol. The molecule has 0 aromatic heterocycles. The van der Waals surface area contributed by atoms with E-state index in [2.05, 4.69) is 196 Å². The molecule has 0 rings (SSSR count). The average Bonchev–Trinajstić information content (AvgIpc) is 3.36. The number of allylic oxidation sites excluding steroid dienone is 30. The molecule has 0 heterocycles. The van der Waals surface area contributed by atoms with Gasteiger partial charge in [0.15, 0.2) is 6.10 Å². The minimum absolute atomic E-state index is 0.101. The lowest BCUT2D eigenvalue weighted by molar-refractivity contribution is -0.161. The predicted octanol–water partition coefficient (Wildman–Crippen LogP) is 18.7. The summed E-state index contributed by atoms with van der Waals surface area (Å²) in [6, 6.07) is 0. The first-order chi connectivity index (χ1) is 34.6. The van der Waals surface area contributed by atoms with Gasteiger partial charge >= 0.3 is 11.9 Å². The van der Waals surface area contributed by atoms with Crippen molar-refractivity contribution in [1.82, 2.24) is 0 Å². The summed E-state index contributed by atoms with van der Waals surface area (Å²) in [5.41, 5.74) is 0. The first-order valence-electron chi connectivity index (χ1n) is 27.3. The molecule has 0 saturated heterocycles. The fourth-order valence-electron chi connectivity index (χ4n) is 6.67. The van der Waals surface area contributed by atoms with Gasteiger partial charge in [0.1, 0.15) is 6.61 Å². The van der Waals surface area contributed by atoms with Crippen molar-refractivity contribution in [3.63, 3.8) is 0 Å². The second-order valence-electron chi connectivity index (χ2n) is 17.2. The van der Waals surface area contributed by atoms with Crippen LogP contribution in [0.5, 0.6) is 0 Å². The Morgan fingerprint density at radius 2 is 0.571 bits per heavy atom. The normalized spacial score (nSPS) is 13.7. The largest absolute Gasteiger partial charge is 0.462 e. The standard InChI is InChI=1S/C65H98O5/c1-3-5-7-9-11-13-15-17-19-21-23-25-27-28-29-30-31-32-33-34-35-36-38-40-42-44-46-48-50-52-54-56-58-60-65(68)70-63(61-66)62-69-64(67)59-57-55-53-51-49-47-45-43-41-39-37-26-24-22-20-18-16-14-12-10-8-6-4-2/h5-8,11-14,17-20,23-26,28-29,31-32,34-35,38-41,44-47,63,66H,3-4,9-10,15-16,21-22,27,30,33,36-37,42-43,48-62H2,1-2H3/b7-5-,8-6-,13-11-,14-12-,19-17-,20-18-,25-23-,26-24-,29-28-,32-31-,35-34-,40-38-,41-39-,46-44-,47-45-. The minimum Gasteiger partial charge on any atom is -0.462 e. The average molecular weight is 959 g/mol. The van der Waals surface area contributed by atoms with Gasteiger partial charge in [-0.2, -0.15) is 0 Å².